The van der Waals surface area contributed by atoms with Crippen molar-refractivity contribution in [3.8, 4) is 0 Å². The number of aryl methyl sites for hydroxylation is 1. The molecule has 0 aliphatic carbocycles. The van der Waals surface area contributed by atoms with Gasteiger partial charge in [-0.2, -0.15) is 4.31 Å². The fraction of sp³-hybridized carbons (Fsp3) is 0.440. The first-order chi connectivity index (χ1) is 17.0. The second-order valence-electron chi connectivity index (χ2n) is 8.87. The van der Waals surface area contributed by atoms with Gasteiger partial charge in [0.05, 0.1) is 29.5 Å². The number of benzene rings is 2. The fourth-order valence-corrected chi connectivity index (χ4v) is 6.11. The molecule has 2 aromatic carbocycles. The third-order valence-electron chi connectivity index (χ3n) is 6.45. The highest BCUT2D eigenvalue weighted by Crippen LogP contribution is 2.32. The lowest BCUT2D eigenvalue weighted by Gasteiger charge is -2.31. The summed E-state index contributed by atoms with van der Waals surface area (Å²) < 4.78 is 39.3. The van der Waals surface area contributed by atoms with E-state index in [2.05, 4.69) is 15.2 Å². The van der Waals surface area contributed by atoms with E-state index in [9.17, 15) is 13.2 Å². The number of hydrogen-bond acceptors (Lipinski definition) is 7. The number of hydrogen-bond donors (Lipinski definition) is 1. The van der Waals surface area contributed by atoms with Gasteiger partial charge in [-0.05, 0) is 43.2 Å². The smallest absolute Gasteiger partial charge is 0.243 e. The number of oxazole rings is 1. The van der Waals surface area contributed by atoms with Crippen LogP contribution < -0.4 is 10.2 Å². The summed E-state index contributed by atoms with van der Waals surface area (Å²) in [7, 11) is -3.62. The molecule has 35 heavy (non-hydrogen) atoms. The van der Waals surface area contributed by atoms with Crippen LogP contribution in [0.25, 0.3) is 11.1 Å². The molecule has 0 saturated carbocycles. The van der Waals surface area contributed by atoms with Gasteiger partial charge in [-0.1, -0.05) is 18.6 Å². The Labute approximate surface area is 205 Å². The molecule has 186 valence electrons. The van der Waals surface area contributed by atoms with Crippen LogP contribution in [0.2, 0.25) is 0 Å². The Balaban J connectivity index is 1.36. The molecule has 10 heteroatoms. The van der Waals surface area contributed by atoms with Crippen molar-refractivity contribution in [1.82, 2.24) is 9.29 Å². The van der Waals surface area contributed by atoms with Crippen molar-refractivity contribution < 1.29 is 22.4 Å². The van der Waals surface area contributed by atoms with Gasteiger partial charge in [0.25, 0.3) is 0 Å². The quantitative estimate of drug-likeness (QED) is 0.532. The SMILES string of the molecule is O=C(CCc1nc2ccccc2o1)Nc1cc(S(=O)(=O)N2CCCCC2)ccc1N1CCOCC1. The van der Waals surface area contributed by atoms with E-state index in [-0.39, 0.29) is 17.2 Å². The van der Waals surface area contributed by atoms with E-state index in [4.69, 9.17) is 9.15 Å². The van der Waals surface area contributed by atoms with Crippen molar-refractivity contribution in [3.63, 3.8) is 0 Å². The third-order valence-corrected chi connectivity index (χ3v) is 8.35. The average Bonchev–Trinajstić information content (AvgIpc) is 3.32. The van der Waals surface area contributed by atoms with E-state index < -0.39 is 10.0 Å². The van der Waals surface area contributed by atoms with Crippen LogP contribution in [0.3, 0.4) is 0 Å². The van der Waals surface area contributed by atoms with Gasteiger partial charge in [0.1, 0.15) is 5.52 Å². The summed E-state index contributed by atoms with van der Waals surface area (Å²) >= 11 is 0. The number of morpholine rings is 1. The summed E-state index contributed by atoms with van der Waals surface area (Å²) in [5.74, 6) is 0.269. The maximum Gasteiger partial charge on any atom is 0.243 e. The Hall–Kier alpha value is -2.95. The molecule has 1 amide bonds. The maximum absolute atomic E-state index is 13.3. The summed E-state index contributed by atoms with van der Waals surface area (Å²) in [4.78, 5) is 19.7. The van der Waals surface area contributed by atoms with Gasteiger partial charge in [0.2, 0.25) is 15.9 Å². The zero-order valence-corrected chi connectivity index (χ0v) is 20.4. The lowest BCUT2D eigenvalue weighted by Crippen LogP contribution is -2.37. The van der Waals surface area contributed by atoms with E-state index >= 15 is 0 Å². The molecule has 0 atom stereocenters. The van der Waals surface area contributed by atoms with Gasteiger partial charge < -0.3 is 19.4 Å². The number of para-hydroxylation sites is 2. The molecule has 2 fully saturated rings. The molecule has 1 N–H and O–H groups in total. The van der Waals surface area contributed by atoms with Gasteiger partial charge in [-0.25, -0.2) is 13.4 Å². The van der Waals surface area contributed by atoms with Crippen LogP contribution in [0.4, 0.5) is 11.4 Å². The van der Waals surface area contributed by atoms with Crippen molar-refractivity contribution in [2.24, 2.45) is 0 Å². The topological polar surface area (TPSA) is 105 Å². The molecular weight excluding hydrogens is 468 g/mol. The zero-order chi connectivity index (χ0) is 24.3. The molecule has 0 bridgehead atoms. The van der Waals surface area contributed by atoms with E-state index in [1.807, 2.05) is 24.3 Å². The highest BCUT2D eigenvalue weighted by Gasteiger charge is 2.27. The van der Waals surface area contributed by atoms with Gasteiger partial charge >= 0.3 is 0 Å². The molecule has 1 aromatic heterocycles. The first-order valence-electron chi connectivity index (χ1n) is 12.1. The number of nitrogens with one attached hydrogen (secondary N) is 1. The summed E-state index contributed by atoms with van der Waals surface area (Å²) in [5, 5.41) is 2.95. The Bertz CT molecular complexity index is 1260. The van der Waals surface area contributed by atoms with Crippen LogP contribution in [0.5, 0.6) is 0 Å². The second-order valence-corrected chi connectivity index (χ2v) is 10.8. The molecule has 3 aromatic rings. The average molecular weight is 499 g/mol. The number of fused-ring (bicyclic) bond motifs is 1. The van der Waals surface area contributed by atoms with Gasteiger partial charge in [0.15, 0.2) is 11.5 Å². The molecule has 3 heterocycles. The van der Waals surface area contributed by atoms with E-state index in [1.54, 1.807) is 22.5 Å². The summed E-state index contributed by atoms with van der Waals surface area (Å²) in [6, 6.07) is 12.5. The van der Waals surface area contributed by atoms with Crippen LogP contribution in [-0.4, -0.2) is 63.0 Å². The molecule has 5 rings (SSSR count). The fourth-order valence-electron chi connectivity index (χ4n) is 4.57. The Morgan fingerprint density at radius 3 is 2.54 bits per heavy atom. The Kier molecular flexibility index (Phi) is 7.03. The number of carbonyl (C=O) groups excluding carboxylic acids is 1. The molecule has 9 nitrogen and oxygen atoms in total. The van der Waals surface area contributed by atoms with E-state index in [0.717, 1.165) is 30.5 Å². The number of piperidine rings is 1. The molecule has 0 spiro atoms. The predicted octanol–water partition coefficient (Wildman–Crippen LogP) is 3.41. The first kappa shape index (κ1) is 23.8. The molecule has 0 radical (unpaired) electrons. The van der Waals surface area contributed by atoms with E-state index in [0.29, 0.717) is 63.0 Å². The monoisotopic (exact) mass is 498 g/mol. The zero-order valence-electron chi connectivity index (χ0n) is 19.6. The largest absolute Gasteiger partial charge is 0.441 e. The van der Waals surface area contributed by atoms with Crippen LogP contribution in [0.1, 0.15) is 31.6 Å². The van der Waals surface area contributed by atoms with Crippen molar-refractivity contribution in [3.05, 3.63) is 48.4 Å². The number of amides is 1. The first-order valence-corrected chi connectivity index (χ1v) is 13.6. The molecular formula is C25H30N4O5S. The van der Waals surface area contributed by atoms with Crippen molar-refractivity contribution in [1.29, 1.82) is 0 Å². The van der Waals surface area contributed by atoms with Crippen LogP contribution in [0.15, 0.2) is 51.8 Å². The third kappa shape index (κ3) is 5.34. The second kappa shape index (κ2) is 10.3. The van der Waals surface area contributed by atoms with Crippen LogP contribution in [0, 0.1) is 0 Å². The van der Waals surface area contributed by atoms with Crippen LogP contribution in [-0.2, 0) is 26.0 Å². The number of aromatic nitrogens is 1. The van der Waals surface area contributed by atoms with Gasteiger partial charge in [-0.3, -0.25) is 4.79 Å². The minimum atomic E-state index is -3.62. The Morgan fingerprint density at radius 1 is 1.00 bits per heavy atom. The molecule has 2 saturated heterocycles. The minimum Gasteiger partial charge on any atom is -0.441 e. The highest BCUT2D eigenvalue weighted by atomic mass is 32.2. The number of sulfonamides is 1. The lowest BCUT2D eigenvalue weighted by molar-refractivity contribution is -0.116. The summed E-state index contributed by atoms with van der Waals surface area (Å²) in [6.07, 6.45) is 3.29. The van der Waals surface area contributed by atoms with Gasteiger partial charge in [-0.15, -0.1) is 0 Å². The van der Waals surface area contributed by atoms with Crippen molar-refractivity contribution in [2.75, 3.05) is 49.6 Å². The predicted molar refractivity (Wildman–Crippen MR) is 133 cm³/mol. The van der Waals surface area contributed by atoms with Crippen LogP contribution >= 0.6 is 0 Å². The van der Waals surface area contributed by atoms with E-state index in [1.165, 1.54) is 0 Å². The maximum atomic E-state index is 13.3. The lowest BCUT2D eigenvalue weighted by atomic mass is 10.2. The molecule has 2 aliphatic heterocycles. The number of carbonyl (C=O) groups is 1. The minimum absolute atomic E-state index is 0.165. The van der Waals surface area contributed by atoms with Gasteiger partial charge in [0, 0.05) is 39.0 Å². The highest BCUT2D eigenvalue weighted by molar-refractivity contribution is 7.89. The standard InChI is InChI=1S/C25H30N4O5S/c30-24(10-11-25-27-20-6-2-3-7-23(20)34-25)26-21-18-19(35(31,32)29-12-4-1-5-13-29)8-9-22(21)28-14-16-33-17-15-28/h2-3,6-9,18H,1,4-5,10-17H2,(H,26,30). The van der Waals surface area contributed by atoms with Crippen molar-refractivity contribution in [2.45, 2.75) is 37.0 Å². The normalized spacial score (nSPS) is 17.5. The summed E-state index contributed by atoms with van der Waals surface area (Å²) in [6.45, 7) is 3.56. The Morgan fingerprint density at radius 2 is 1.77 bits per heavy atom. The number of rotatable bonds is 7. The summed E-state index contributed by atoms with van der Waals surface area (Å²) in [5.41, 5.74) is 2.73. The number of nitrogens with zero attached hydrogens (tertiary/aromatic N) is 3. The van der Waals surface area contributed by atoms with Crippen molar-refractivity contribution >= 4 is 38.4 Å². The molecule has 2 aliphatic rings. The molecule has 0 unspecified atom stereocenters. The number of ether oxygens (including phenoxy) is 1. The number of anilines is 2.